The Hall–Kier alpha value is -2.36. The number of halogens is 1. The summed E-state index contributed by atoms with van der Waals surface area (Å²) >= 11 is 9.81. The second-order valence-electron chi connectivity index (χ2n) is 5.94. The quantitative estimate of drug-likeness (QED) is 0.478. The summed E-state index contributed by atoms with van der Waals surface area (Å²) in [7, 11) is 3.10. The average Bonchev–Trinajstić information content (AvgIpc) is 2.95. The van der Waals surface area contributed by atoms with E-state index >= 15 is 0 Å². The van der Waals surface area contributed by atoms with Gasteiger partial charge in [0.05, 0.1) is 19.1 Å². The fourth-order valence-corrected chi connectivity index (χ4v) is 4.29. The summed E-state index contributed by atoms with van der Waals surface area (Å²) < 4.78 is 11.7. The summed E-state index contributed by atoms with van der Waals surface area (Å²) in [6, 6.07) is 12.6. The molecule has 2 aromatic carbocycles. The maximum atomic E-state index is 12.7. The highest BCUT2D eigenvalue weighted by Crippen LogP contribution is 2.34. The minimum absolute atomic E-state index is 0.152. The second kappa shape index (κ2) is 9.43. The zero-order valence-corrected chi connectivity index (χ0v) is 18.8. The monoisotopic (exact) mass is 492 g/mol. The Kier molecular flexibility index (Phi) is 6.94. The third-order valence-corrected chi connectivity index (χ3v) is 5.86. The summed E-state index contributed by atoms with van der Waals surface area (Å²) in [5.41, 5.74) is 1.40. The van der Waals surface area contributed by atoms with E-state index in [0.29, 0.717) is 26.4 Å². The lowest BCUT2D eigenvalue weighted by Gasteiger charge is -2.14. The number of anilines is 1. The van der Waals surface area contributed by atoms with E-state index < -0.39 is 0 Å². The lowest BCUT2D eigenvalue weighted by atomic mass is 10.2. The number of thioether (sulfide) groups is 1. The van der Waals surface area contributed by atoms with Crippen molar-refractivity contribution in [3.05, 3.63) is 57.4 Å². The van der Waals surface area contributed by atoms with Gasteiger partial charge in [-0.05, 0) is 42.0 Å². The number of methoxy groups -OCH3 is 2. The first-order valence-corrected chi connectivity index (χ1v) is 10.5. The van der Waals surface area contributed by atoms with Crippen LogP contribution in [0.15, 0.2) is 51.8 Å². The van der Waals surface area contributed by atoms with Crippen LogP contribution in [-0.4, -0.2) is 41.8 Å². The molecule has 3 rings (SSSR count). The minimum atomic E-state index is -0.327. The summed E-state index contributed by atoms with van der Waals surface area (Å²) in [4.78, 5) is 26.8. The standard InChI is InChI=1S/C20H17BrN2O4S2/c1-26-15-7-6-12(8-16(15)27-2)9-17-19(25)23(20(28)29-17)11-18(24)22-14-5-3-4-13(21)10-14/h3-10H,11H2,1-2H3,(H,22,24). The minimum Gasteiger partial charge on any atom is -0.493 e. The van der Waals surface area contributed by atoms with Crippen LogP contribution in [0.2, 0.25) is 0 Å². The number of carbonyl (C=O) groups excluding carboxylic acids is 2. The van der Waals surface area contributed by atoms with Gasteiger partial charge in [-0.2, -0.15) is 0 Å². The van der Waals surface area contributed by atoms with Crippen LogP contribution in [0.3, 0.4) is 0 Å². The molecular weight excluding hydrogens is 476 g/mol. The van der Waals surface area contributed by atoms with Gasteiger partial charge in [0.15, 0.2) is 11.5 Å². The first-order valence-electron chi connectivity index (χ1n) is 8.44. The lowest BCUT2D eigenvalue weighted by molar-refractivity contribution is -0.126. The molecule has 0 unspecified atom stereocenters. The molecule has 0 aliphatic carbocycles. The topological polar surface area (TPSA) is 67.9 Å². The largest absolute Gasteiger partial charge is 0.493 e. The van der Waals surface area contributed by atoms with Crippen LogP contribution in [0.5, 0.6) is 11.5 Å². The molecule has 0 radical (unpaired) electrons. The molecule has 0 aromatic heterocycles. The van der Waals surface area contributed by atoms with Crippen molar-refractivity contribution in [1.82, 2.24) is 4.90 Å². The van der Waals surface area contributed by atoms with E-state index in [9.17, 15) is 9.59 Å². The van der Waals surface area contributed by atoms with Crippen molar-refractivity contribution in [3.63, 3.8) is 0 Å². The SMILES string of the molecule is COc1ccc(C=C2SC(=S)N(CC(=O)Nc3cccc(Br)c3)C2=O)cc1OC. The number of benzene rings is 2. The molecule has 150 valence electrons. The van der Waals surface area contributed by atoms with Crippen LogP contribution in [0, 0.1) is 0 Å². The molecular formula is C20H17BrN2O4S2. The van der Waals surface area contributed by atoms with Gasteiger partial charge in [-0.15, -0.1) is 0 Å². The van der Waals surface area contributed by atoms with E-state index in [1.54, 1.807) is 44.6 Å². The van der Waals surface area contributed by atoms with E-state index in [0.717, 1.165) is 21.8 Å². The highest BCUT2D eigenvalue weighted by molar-refractivity contribution is 9.10. The Morgan fingerprint density at radius 2 is 1.97 bits per heavy atom. The van der Waals surface area contributed by atoms with Crippen molar-refractivity contribution < 1.29 is 19.1 Å². The molecule has 6 nitrogen and oxygen atoms in total. The van der Waals surface area contributed by atoms with Gasteiger partial charge in [0.1, 0.15) is 10.9 Å². The van der Waals surface area contributed by atoms with Crippen molar-refractivity contribution in [1.29, 1.82) is 0 Å². The Balaban J connectivity index is 1.72. The molecule has 1 aliphatic rings. The third kappa shape index (κ3) is 5.17. The third-order valence-electron chi connectivity index (χ3n) is 3.99. The number of nitrogens with one attached hydrogen (secondary N) is 1. The zero-order valence-electron chi connectivity index (χ0n) is 15.6. The number of ether oxygens (including phenoxy) is 2. The molecule has 0 bridgehead atoms. The van der Waals surface area contributed by atoms with Crippen LogP contribution >= 0.6 is 39.9 Å². The predicted molar refractivity (Wildman–Crippen MR) is 122 cm³/mol. The summed E-state index contributed by atoms with van der Waals surface area (Å²) in [5.74, 6) is 0.525. The second-order valence-corrected chi connectivity index (χ2v) is 8.53. The van der Waals surface area contributed by atoms with Gasteiger partial charge in [-0.1, -0.05) is 52.0 Å². The molecule has 0 saturated carbocycles. The Morgan fingerprint density at radius 3 is 2.66 bits per heavy atom. The smallest absolute Gasteiger partial charge is 0.266 e. The maximum absolute atomic E-state index is 12.7. The van der Waals surface area contributed by atoms with Gasteiger partial charge < -0.3 is 14.8 Å². The number of rotatable bonds is 6. The predicted octanol–water partition coefficient (Wildman–Crippen LogP) is 4.31. The molecule has 2 amide bonds. The Morgan fingerprint density at radius 1 is 1.21 bits per heavy atom. The van der Waals surface area contributed by atoms with E-state index in [4.69, 9.17) is 21.7 Å². The maximum Gasteiger partial charge on any atom is 0.266 e. The van der Waals surface area contributed by atoms with Crippen molar-refractivity contribution >= 4 is 67.8 Å². The van der Waals surface area contributed by atoms with Crippen molar-refractivity contribution in [3.8, 4) is 11.5 Å². The number of carbonyl (C=O) groups is 2. The molecule has 0 spiro atoms. The van der Waals surface area contributed by atoms with Gasteiger partial charge in [0.25, 0.3) is 5.91 Å². The highest BCUT2D eigenvalue weighted by Gasteiger charge is 2.33. The molecule has 1 N–H and O–H groups in total. The van der Waals surface area contributed by atoms with E-state index in [1.807, 2.05) is 18.2 Å². The molecule has 0 atom stereocenters. The summed E-state index contributed by atoms with van der Waals surface area (Å²) in [5, 5.41) is 2.76. The van der Waals surface area contributed by atoms with Gasteiger partial charge >= 0.3 is 0 Å². The molecule has 1 saturated heterocycles. The van der Waals surface area contributed by atoms with E-state index in [-0.39, 0.29) is 18.4 Å². The van der Waals surface area contributed by atoms with Gasteiger partial charge in [0, 0.05) is 10.2 Å². The van der Waals surface area contributed by atoms with Crippen LogP contribution in [0.4, 0.5) is 5.69 Å². The lowest BCUT2D eigenvalue weighted by Crippen LogP contribution is -2.36. The summed E-state index contributed by atoms with van der Waals surface area (Å²) in [6.07, 6.45) is 1.72. The molecule has 1 aliphatic heterocycles. The number of amides is 2. The Labute approximate surface area is 186 Å². The number of nitrogens with zero attached hydrogens (tertiary/aromatic N) is 1. The number of hydrogen-bond donors (Lipinski definition) is 1. The zero-order chi connectivity index (χ0) is 21.0. The van der Waals surface area contributed by atoms with Crippen molar-refractivity contribution in [2.45, 2.75) is 0 Å². The molecule has 1 heterocycles. The number of thiocarbonyl (C=S) groups is 1. The van der Waals surface area contributed by atoms with Gasteiger partial charge in [-0.25, -0.2) is 0 Å². The van der Waals surface area contributed by atoms with Crippen LogP contribution in [0.25, 0.3) is 6.08 Å². The summed E-state index contributed by atoms with van der Waals surface area (Å²) in [6.45, 7) is -0.152. The Bertz CT molecular complexity index is 1010. The fraction of sp³-hybridized carbons (Fsp3) is 0.150. The van der Waals surface area contributed by atoms with Gasteiger partial charge in [-0.3, -0.25) is 14.5 Å². The highest BCUT2D eigenvalue weighted by atomic mass is 79.9. The fourth-order valence-electron chi connectivity index (χ4n) is 2.64. The van der Waals surface area contributed by atoms with E-state index in [2.05, 4.69) is 21.2 Å². The molecule has 9 heteroatoms. The van der Waals surface area contributed by atoms with E-state index in [1.165, 1.54) is 4.90 Å². The molecule has 2 aromatic rings. The van der Waals surface area contributed by atoms with Crippen molar-refractivity contribution in [2.24, 2.45) is 0 Å². The first-order chi connectivity index (χ1) is 13.9. The average molecular weight is 493 g/mol. The molecule has 1 fully saturated rings. The van der Waals surface area contributed by atoms with Crippen molar-refractivity contribution in [2.75, 3.05) is 26.1 Å². The normalized spacial score (nSPS) is 15.0. The number of hydrogen-bond acceptors (Lipinski definition) is 6. The van der Waals surface area contributed by atoms with Crippen LogP contribution in [-0.2, 0) is 9.59 Å². The molecule has 29 heavy (non-hydrogen) atoms. The van der Waals surface area contributed by atoms with Gasteiger partial charge in [0.2, 0.25) is 5.91 Å². The first kappa shape index (κ1) is 21.4. The van der Waals surface area contributed by atoms with Crippen LogP contribution in [0.1, 0.15) is 5.56 Å². The van der Waals surface area contributed by atoms with Crippen LogP contribution < -0.4 is 14.8 Å².